The normalized spacial score (nSPS) is 15.6. The molecule has 182 valence electrons. The van der Waals surface area contributed by atoms with Crippen LogP contribution in [0.5, 0.6) is 0 Å². The lowest BCUT2D eigenvalue weighted by atomic mass is 10.0. The fourth-order valence-electron chi connectivity index (χ4n) is 4.35. The molecule has 10 heteroatoms. The predicted molar refractivity (Wildman–Crippen MR) is 138 cm³/mol. The Morgan fingerprint density at radius 1 is 0.917 bits per heavy atom. The van der Waals surface area contributed by atoms with E-state index in [4.69, 9.17) is 0 Å². The van der Waals surface area contributed by atoms with Gasteiger partial charge < -0.3 is 20.9 Å². The predicted octanol–water partition coefficient (Wildman–Crippen LogP) is 3.03. The van der Waals surface area contributed by atoms with Crippen LogP contribution in [0.1, 0.15) is 23.3 Å². The minimum absolute atomic E-state index is 0.0358. The van der Waals surface area contributed by atoms with Crippen LogP contribution >= 0.6 is 0 Å². The van der Waals surface area contributed by atoms with E-state index in [9.17, 15) is 9.59 Å². The number of carbonyl (C=O) groups is 2. The molecule has 4 heterocycles. The van der Waals surface area contributed by atoms with Gasteiger partial charge in [0.15, 0.2) is 5.69 Å². The van der Waals surface area contributed by atoms with Gasteiger partial charge in [-0.05, 0) is 48.7 Å². The fourth-order valence-corrected chi connectivity index (χ4v) is 4.35. The summed E-state index contributed by atoms with van der Waals surface area (Å²) in [6.45, 7) is 3.69. The van der Waals surface area contributed by atoms with Crippen molar-refractivity contribution in [3.05, 3.63) is 60.7 Å². The Labute approximate surface area is 207 Å². The van der Waals surface area contributed by atoms with Crippen molar-refractivity contribution in [2.75, 3.05) is 41.7 Å². The van der Waals surface area contributed by atoms with E-state index in [1.54, 1.807) is 18.6 Å². The number of aromatic amines is 1. The maximum atomic E-state index is 13.1. The number of carbonyl (C=O) groups excluding carboxylic acids is 2. The van der Waals surface area contributed by atoms with Gasteiger partial charge in [-0.25, -0.2) is 4.98 Å². The lowest BCUT2D eigenvalue weighted by molar-refractivity contribution is -0.117. The van der Waals surface area contributed by atoms with Crippen LogP contribution in [-0.4, -0.2) is 58.2 Å². The first-order valence-corrected chi connectivity index (χ1v) is 12.1. The van der Waals surface area contributed by atoms with Crippen LogP contribution in [0, 0.1) is 5.92 Å². The summed E-state index contributed by atoms with van der Waals surface area (Å²) in [6, 6.07) is 11.4. The van der Waals surface area contributed by atoms with Crippen LogP contribution in [0.25, 0.3) is 22.0 Å². The molecule has 0 radical (unpaired) electrons. The molecule has 3 aromatic heterocycles. The van der Waals surface area contributed by atoms with Crippen LogP contribution < -0.4 is 20.9 Å². The van der Waals surface area contributed by atoms with Crippen LogP contribution in [-0.2, 0) is 4.79 Å². The number of piperazine rings is 1. The van der Waals surface area contributed by atoms with Gasteiger partial charge in [-0.15, -0.1) is 0 Å². The summed E-state index contributed by atoms with van der Waals surface area (Å²) < 4.78 is 0. The Bertz CT molecular complexity index is 1420. The van der Waals surface area contributed by atoms with E-state index in [1.165, 1.54) is 0 Å². The van der Waals surface area contributed by atoms with E-state index in [2.05, 4.69) is 41.0 Å². The zero-order chi connectivity index (χ0) is 24.5. The molecule has 1 saturated carbocycles. The summed E-state index contributed by atoms with van der Waals surface area (Å²) in [6.07, 6.45) is 6.93. The minimum atomic E-state index is -0.321. The summed E-state index contributed by atoms with van der Waals surface area (Å²) in [4.78, 5) is 36.2. The van der Waals surface area contributed by atoms with Crippen molar-refractivity contribution in [2.24, 2.45) is 5.92 Å². The number of H-pyrrole nitrogens is 1. The summed E-state index contributed by atoms with van der Waals surface area (Å²) >= 11 is 0. The topological polar surface area (TPSA) is 128 Å². The van der Waals surface area contributed by atoms with Crippen LogP contribution in [0.3, 0.4) is 0 Å². The van der Waals surface area contributed by atoms with Gasteiger partial charge in [-0.2, -0.15) is 5.10 Å². The number of pyridine rings is 2. The Balaban J connectivity index is 1.20. The SMILES string of the molecule is O=C(Nc1ccc(N2CCNCC2)nc1)c1n[nH]c2ccc(-c3cncc(NC(=O)C4CC4)c3)cc12. The zero-order valence-electron chi connectivity index (χ0n) is 19.6. The van der Waals surface area contributed by atoms with Gasteiger partial charge in [-0.1, -0.05) is 6.07 Å². The number of hydrogen-bond acceptors (Lipinski definition) is 7. The Kier molecular flexibility index (Phi) is 5.78. The lowest BCUT2D eigenvalue weighted by Gasteiger charge is -2.28. The van der Waals surface area contributed by atoms with E-state index in [-0.39, 0.29) is 17.7 Å². The van der Waals surface area contributed by atoms with Gasteiger partial charge in [0.2, 0.25) is 5.91 Å². The minimum Gasteiger partial charge on any atom is -0.354 e. The molecule has 36 heavy (non-hydrogen) atoms. The molecule has 1 saturated heterocycles. The van der Waals surface area contributed by atoms with Crippen molar-refractivity contribution in [1.29, 1.82) is 0 Å². The molecule has 0 spiro atoms. The number of amides is 2. The average Bonchev–Trinajstić information content (AvgIpc) is 3.69. The van der Waals surface area contributed by atoms with Crippen LogP contribution in [0.15, 0.2) is 55.0 Å². The van der Waals surface area contributed by atoms with Gasteiger partial charge in [0.05, 0.1) is 29.3 Å². The number of rotatable bonds is 6. The van der Waals surface area contributed by atoms with Gasteiger partial charge in [0, 0.05) is 49.2 Å². The quantitative estimate of drug-likeness (QED) is 0.333. The number of benzene rings is 1. The fraction of sp³-hybridized carbons (Fsp3) is 0.269. The zero-order valence-corrected chi connectivity index (χ0v) is 19.6. The van der Waals surface area contributed by atoms with Gasteiger partial charge in [0.25, 0.3) is 5.91 Å². The van der Waals surface area contributed by atoms with Gasteiger partial charge in [0.1, 0.15) is 5.82 Å². The molecule has 4 N–H and O–H groups in total. The molecule has 4 aromatic rings. The smallest absolute Gasteiger partial charge is 0.276 e. The largest absolute Gasteiger partial charge is 0.354 e. The second kappa shape index (κ2) is 9.38. The number of hydrogen-bond donors (Lipinski definition) is 4. The second-order valence-corrected chi connectivity index (χ2v) is 9.15. The molecule has 10 nitrogen and oxygen atoms in total. The first kappa shape index (κ1) is 22.2. The number of nitrogens with zero attached hydrogens (tertiary/aromatic N) is 4. The van der Waals surface area contributed by atoms with Gasteiger partial charge in [-0.3, -0.25) is 19.7 Å². The molecule has 0 bridgehead atoms. The summed E-state index contributed by atoms with van der Waals surface area (Å²) in [5.74, 6) is 0.728. The third-order valence-electron chi connectivity index (χ3n) is 6.51. The van der Waals surface area contributed by atoms with E-state index < -0.39 is 0 Å². The maximum absolute atomic E-state index is 13.1. The third kappa shape index (κ3) is 4.63. The highest BCUT2D eigenvalue weighted by atomic mass is 16.2. The molecule has 0 atom stereocenters. The molecule has 2 fully saturated rings. The molecule has 1 aromatic carbocycles. The maximum Gasteiger partial charge on any atom is 0.276 e. The monoisotopic (exact) mass is 482 g/mol. The summed E-state index contributed by atoms with van der Waals surface area (Å²) in [5.41, 5.74) is 4.02. The molecular weight excluding hydrogens is 456 g/mol. The van der Waals surface area contributed by atoms with Crippen LogP contribution in [0.4, 0.5) is 17.2 Å². The van der Waals surface area contributed by atoms with Crippen LogP contribution in [0.2, 0.25) is 0 Å². The van der Waals surface area contributed by atoms with Crippen molar-refractivity contribution in [3.8, 4) is 11.1 Å². The molecule has 1 aliphatic heterocycles. The number of aromatic nitrogens is 4. The molecule has 2 aliphatic rings. The first-order valence-electron chi connectivity index (χ1n) is 12.1. The Hall–Kier alpha value is -4.31. The van der Waals surface area contributed by atoms with E-state index in [0.717, 1.165) is 61.5 Å². The van der Waals surface area contributed by atoms with E-state index in [0.29, 0.717) is 22.5 Å². The van der Waals surface area contributed by atoms with Gasteiger partial charge >= 0.3 is 0 Å². The first-order chi connectivity index (χ1) is 17.6. The molecule has 0 unspecified atom stereocenters. The van der Waals surface area contributed by atoms with E-state index in [1.807, 2.05) is 36.4 Å². The summed E-state index contributed by atoms with van der Waals surface area (Å²) in [5, 5.41) is 17.0. The third-order valence-corrected chi connectivity index (χ3v) is 6.51. The van der Waals surface area contributed by atoms with Crippen molar-refractivity contribution in [3.63, 3.8) is 0 Å². The van der Waals surface area contributed by atoms with Crippen molar-refractivity contribution in [2.45, 2.75) is 12.8 Å². The highest BCUT2D eigenvalue weighted by Crippen LogP contribution is 2.31. The highest BCUT2D eigenvalue weighted by molar-refractivity contribution is 6.11. The molecule has 2 amide bonds. The number of fused-ring (bicyclic) bond motifs is 1. The average molecular weight is 483 g/mol. The number of nitrogens with one attached hydrogen (secondary N) is 4. The van der Waals surface area contributed by atoms with Crippen molar-refractivity contribution >= 4 is 39.9 Å². The Morgan fingerprint density at radius 3 is 2.56 bits per heavy atom. The standard InChI is InChI=1S/C26H26N8O2/c35-25(16-1-2-16)31-20-11-18(13-28-14-20)17-3-5-22-21(12-17)24(33-32-22)26(36)30-19-4-6-23(29-15-19)34-9-7-27-8-10-34/h3-6,11-16,27H,1-2,7-10H2,(H,30,36)(H,31,35)(H,32,33). The molecule has 1 aliphatic carbocycles. The Morgan fingerprint density at radius 2 is 1.78 bits per heavy atom. The van der Waals surface area contributed by atoms with E-state index >= 15 is 0 Å². The molecular formula is C26H26N8O2. The molecule has 6 rings (SSSR count). The number of anilines is 3. The van der Waals surface area contributed by atoms with Crippen molar-refractivity contribution < 1.29 is 9.59 Å². The second-order valence-electron chi connectivity index (χ2n) is 9.15. The highest BCUT2D eigenvalue weighted by Gasteiger charge is 2.29. The lowest BCUT2D eigenvalue weighted by Crippen LogP contribution is -2.43. The van der Waals surface area contributed by atoms with Crippen molar-refractivity contribution in [1.82, 2.24) is 25.5 Å². The summed E-state index contributed by atoms with van der Waals surface area (Å²) in [7, 11) is 0.